The van der Waals surface area contributed by atoms with Gasteiger partial charge in [-0.2, -0.15) is 0 Å². The van der Waals surface area contributed by atoms with E-state index < -0.39 is 17.9 Å². The Labute approximate surface area is 186 Å². The summed E-state index contributed by atoms with van der Waals surface area (Å²) in [5, 5.41) is 11.7. The number of rotatable bonds is 10. The van der Waals surface area contributed by atoms with Gasteiger partial charge in [0.2, 0.25) is 5.91 Å². The molecule has 1 saturated heterocycles. The van der Waals surface area contributed by atoms with Crippen LogP contribution in [-0.4, -0.2) is 44.7 Å². The largest absolute Gasteiger partial charge is 0.480 e. The average molecular weight is 447 g/mol. The van der Waals surface area contributed by atoms with Crippen LogP contribution in [-0.2, 0) is 14.4 Å². The summed E-state index contributed by atoms with van der Waals surface area (Å²) < 4.78 is 0.396. The fraction of sp³-hybridized carbons (Fsp3) is 0.364. The van der Waals surface area contributed by atoms with E-state index in [4.69, 9.17) is 12.2 Å². The summed E-state index contributed by atoms with van der Waals surface area (Å²) in [4.78, 5) is 38.0. The summed E-state index contributed by atoms with van der Waals surface area (Å²) in [5.41, 5.74) is 1.95. The Bertz CT molecular complexity index is 865. The molecule has 160 valence electrons. The van der Waals surface area contributed by atoms with Crippen molar-refractivity contribution in [3.05, 3.63) is 52.4 Å². The number of thiocarbonyl (C=S) groups is 1. The normalized spacial score (nSPS) is 16.8. The van der Waals surface area contributed by atoms with Gasteiger partial charge in [0, 0.05) is 13.0 Å². The van der Waals surface area contributed by atoms with Crippen molar-refractivity contribution in [3.63, 3.8) is 0 Å². The van der Waals surface area contributed by atoms with Crippen LogP contribution in [0.15, 0.2) is 46.9 Å². The first-order chi connectivity index (χ1) is 14.3. The SMILES string of the molecule is CCCCC(NC(=O)CCN1C(=O)C(=CC(C)=Cc2ccccc2)SC1=S)C(=O)O. The molecule has 0 aliphatic carbocycles. The highest BCUT2D eigenvalue weighted by molar-refractivity contribution is 8.26. The minimum absolute atomic E-state index is 0.00549. The average Bonchev–Trinajstić information content (AvgIpc) is 2.96. The van der Waals surface area contributed by atoms with Crippen molar-refractivity contribution in [2.45, 2.75) is 45.6 Å². The number of carbonyl (C=O) groups excluding carboxylic acids is 2. The third-order valence-corrected chi connectivity index (χ3v) is 5.85. The Balaban J connectivity index is 1.95. The van der Waals surface area contributed by atoms with E-state index in [2.05, 4.69) is 5.32 Å². The number of carboxylic acid groups (broad SMARTS) is 1. The van der Waals surface area contributed by atoms with Crippen LogP contribution < -0.4 is 5.32 Å². The van der Waals surface area contributed by atoms with Crippen LogP contribution in [0.5, 0.6) is 0 Å². The first-order valence-electron chi connectivity index (χ1n) is 9.82. The number of thioether (sulfide) groups is 1. The second kappa shape index (κ2) is 11.7. The van der Waals surface area contributed by atoms with E-state index in [1.807, 2.05) is 50.3 Å². The van der Waals surface area contributed by atoms with E-state index in [9.17, 15) is 19.5 Å². The second-order valence-electron chi connectivity index (χ2n) is 6.98. The summed E-state index contributed by atoms with van der Waals surface area (Å²) in [6.45, 7) is 3.99. The van der Waals surface area contributed by atoms with E-state index in [-0.39, 0.29) is 18.9 Å². The zero-order valence-corrected chi connectivity index (χ0v) is 18.7. The molecule has 8 heteroatoms. The molecule has 1 aromatic rings. The number of hydrogen-bond donors (Lipinski definition) is 2. The van der Waals surface area contributed by atoms with Crippen molar-refractivity contribution in [2.75, 3.05) is 6.54 Å². The van der Waals surface area contributed by atoms with E-state index in [1.165, 1.54) is 16.7 Å². The second-order valence-corrected chi connectivity index (χ2v) is 8.66. The van der Waals surface area contributed by atoms with Gasteiger partial charge in [-0.25, -0.2) is 4.79 Å². The molecular formula is C22H26N2O4S2. The zero-order valence-electron chi connectivity index (χ0n) is 17.1. The van der Waals surface area contributed by atoms with Crippen LogP contribution in [0.3, 0.4) is 0 Å². The molecule has 0 radical (unpaired) electrons. The maximum Gasteiger partial charge on any atom is 0.326 e. The van der Waals surface area contributed by atoms with Gasteiger partial charge in [-0.1, -0.05) is 80.2 Å². The topological polar surface area (TPSA) is 86.7 Å². The van der Waals surface area contributed by atoms with Crippen LogP contribution in [0.4, 0.5) is 0 Å². The van der Waals surface area contributed by atoms with Gasteiger partial charge in [-0.15, -0.1) is 0 Å². The summed E-state index contributed by atoms with van der Waals surface area (Å²) >= 11 is 6.50. The van der Waals surface area contributed by atoms with Gasteiger partial charge < -0.3 is 10.4 Å². The molecule has 1 aliphatic rings. The number of benzene rings is 1. The minimum Gasteiger partial charge on any atom is -0.480 e. The van der Waals surface area contributed by atoms with E-state index in [0.29, 0.717) is 22.1 Å². The Morgan fingerprint density at radius 2 is 2.00 bits per heavy atom. The van der Waals surface area contributed by atoms with Crippen LogP contribution in [0, 0.1) is 0 Å². The summed E-state index contributed by atoms with van der Waals surface area (Å²) in [7, 11) is 0. The van der Waals surface area contributed by atoms with Crippen LogP contribution >= 0.6 is 24.0 Å². The Kier molecular flexibility index (Phi) is 9.26. The number of carboxylic acids is 1. The molecule has 2 N–H and O–H groups in total. The van der Waals surface area contributed by atoms with Crippen molar-refractivity contribution in [1.29, 1.82) is 0 Å². The lowest BCUT2D eigenvalue weighted by Gasteiger charge is -2.17. The van der Waals surface area contributed by atoms with Gasteiger partial charge in [0.05, 0.1) is 4.91 Å². The number of amides is 2. The molecule has 2 amide bonds. The molecule has 1 atom stereocenters. The zero-order chi connectivity index (χ0) is 22.1. The van der Waals surface area contributed by atoms with Gasteiger partial charge in [0.25, 0.3) is 5.91 Å². The fourth-order valence-corrected chi connectivity index (χ4v) is 4.26. The van der Waals surface area contributed by atoms with Gasteiger partial charge >= 0.3 is 5.97 Å². The van der Waals surface area contributed by atoms with Crippen molar-refractivity contribution in [1.82, 2.24) is 10.2 Å². The fourth-order valence-electron chi connectivity index (χ4n) is 2.90. The number of carbonyl (C=O) groups is 3. The van der Waals surface area contributed by atoms with Gasteiger partial charge in [-0.05, 0) is 30.6 Å². The lowest BCUT2D eigenvalue weighted by Crippen LogP contribution is -2.42. The third kappa shape index (κ3) is 7.11. The summed E-state index contributed by atoms with van der Waals surface area (Å²) in [6.07, 6.45) is 5.70. The molecule has 30 heavy (non-hydrogen) atoms. The Morgan fingerprint density at radius 1 is 1.30 bits per heavy atom. The van der Waals surface area contributed by atoms with Crippen LogP contribution in [0.25, 0.3) is 6.08 Å². The number of aliphatic carboxylic acids is 1. The standard InChI is InChI=1S/C22H26N2O4S2/c1-3-4-10-17(21(27)28)23-19(25)11-12-24-20(26)18(30-22(24)29)14-15(2)13-16-8-6-5-7-9-16/h5-9,13-14,17H,3-4,10-12H2,1-2H3,(H,23,25)(H,27,28). The molecule has 6 nitrogen and oxygen atoms in total. The number of allylic oxidation sites excluding steroid dienone is 2. The molecule has 1 fully saturated rings. The van der Waals surface area contributed by atoms with Gasteiger partial charge in [-0.3, -0.25) is 14.5 Å². The summed E-state index contributed by atoms with van der Waals surface area (Å²) in [6, 6.07) is 8.88. The number of hydrogen-bond acceptors (Lipinski definition) is 5. The highest BCUT2D eigenvalue weighted by Gasteiger charge is 2.32. The minimum atomic E-state index is -1.05. The van der Waals surface area contributed by atoms with Crippen molar-refractivity contribution in [2.24, 2.45) is 0 Å². The molecule has 1 unspecified atom stereocenters. The molecule has 1 heterocycles. The van der Waals surface area contributed by atoms with Crippen molar-refractivity contribution >= 4 is 52.2 Å². The maximum atomic E-state index is 12.7. The van der Waals surface area contributed by atoms with E-state index in [0.717, 1.165) is 17.6 Å². The molecule has 2 rings (SSSR count). The molecule has 0 bridgehead atoms. The first-order valence-corrected chi connectivity index (χ1v) is 11.0. The molecule has 1 aliphatic heterocycles. The Hall–Kier alpha value is -2.45. The molecule has 0 aromatic heterocycles. The predicted octanol–water partition coefficient (Wildman–Crippen LogP) is 3.98. The molecule has 0 spiro atoms. The van der Waals surface area contributed by atoms with Crippen molar-refractivity contribution in [3.8, 4) is 0 Å². The summed E-state index contributed by atoms with van der Waals surface area (Å²) in [5.74, 6) is -1.69. The van der Waals surface area contributed by atoms with Gasteiger partial charge in [0.1, 0.15) is 10.4 Å². The highest BCUT2D eigenvalue weighted by atomic mass is 32.2. The molecule has 1 aromatic carbocycles. The quantitative estimate of drug-likeness (QED) is 0.418. The maximum absolute atomic E-state index is 12.7. The third-order valence-electron chi connectivity index (χ3n) is 4.47. The Morgan fingerprint density at radius 3 is 2.63 bits per heavy atom. The molecule has 0 saturated carbocycles. The first kappa shape index (κ1) is 23.8. The van der Waals surface area contributed by atoms with E-state index in [1.54, 1.807) is 6.08 Å². The monoisotopic (exact) mass is 446 g/mol. The number of nitrogens with zero attached hydrogens (tertiary/aromatic N) is 1. The van der Waals surface area contributed by atoms with Gasteiger partial charge in [0.15, 0.2) is 0 Å². The van der Waals surface area contributed by atoms with E-state index >= 15 is 0 Å². The molecular weight excluding hydrogens is 420 g/mol. The number of unbranched alkanes of at least 4 members (excludes halogenated alkanes) is 1. The number of nitrogens with one attached hydrogen (secondary N) is 1. The predicted molar refractivity (Wildman–Crippen MR) is 124 cm³/mol. The lowest BCUT2D eigenvalue weighted by molar-refractivity contribution is -0.142. The van der Waals surface area contributed by atoms with Crippen LogP contribution in [0.1, 0.15) is 45.1 Å². The van der Waals surface area contributed by atoms with Crippen molar-refractivity contribution < 1.29 is 19.5 Å². The van der Waals surface area contributed by atoms with Crippen LogP contribution in [0.2, 0.25) is 0 Å². The highest BCUT2D eigenvalue weighted by Crippen LogP contribution is 2.32. The smallest absolute Gasteiger partial charge is 0.326 e. The lowest BCUT2D eigenvalue weighted by atomic mass is 10.1.